The summed E-state index contributed by atoms with van der Waals surface area (Å²) in [4.78, 5) is 24.9. The normalized spacial score (nSPS) is 28.5. The van der Waals surface area contributed by atoms with E-state index < -0.39 is 12.0 Å². The van der Waals surface area contributed by atoms with Crippen LogP contribution in [0.4, 0.5) is 0 Å². The first-order chi connectivity index (χ1) is 10.1. The summed E-state index contributed by atoms with van der Waals surface area (Å²) >= 11 is 0. The monoisotopic (exact) mass is 281 g/mol. The van der Waals surface area contributed by atoms with Crippen LogP contribution in [0.15, 0.2) is 48.6 Å². The van der Waals surface area contributed by atoms with Crippen LogP contribution in [-0.2, 0) is 9.59 Å². The van der Waals surface area contributed by atoms with E-state index in [1.807, 2.05) is 55.5 Å². The van der Waals surface area contributed by atoms with Gasteiger partial charge in [0.1, 0.15) is 5.78 Å². The SMILES string of the molecule is CC(=O)C(c1ccccc1C)C1NC2C=CC=CC2C1=O. The third-order valence-electron chi connectivity index (χ3n) is 4.44. The van der Waals surface area contributed by atoms with Gasteiger partial charge >= 0.3 is 0 Å². The lowest BCUT2D eigenvalue weighted by atomic mass is 9.82. The molecule has 3 nitrogen and oxygen atoms in total. The van der Waals surface area contributed by atoms with Crippen molar-refractivity contribution in [3.8, 4) is 0 Å². The predicted molar refractivity (Wildman–Crippen MR) is 82.1 cm³/mol. The first kappa shape index (κ1) is 14.0. The fourth-order valence-corrected chi connectivity index (χ4v) is 3.36. The zero-order chi connectivity index (χ0) is 15.0. The molecule has 1 fully saturated rings. The largest absolute Gasteiger partial charge is 0.299 e. The second kappa shape index (κ2) is 5.41. The Kier molecular flexibility index (Phi) is 3.60. The number of ketones is 2. The van der Waals surface area contributed by atoms with Crippen LogP contribution in [0.2, 0.25) is 0 Å². The molecule has 2 aliphatic rings. The van der Waals surface area contributed by atoms with Crippen molar-refractivity contribution in [2.24, 2.45) is 5.92 Å². The van der Waals surface area contributed by atoms with E-state index in [0.29, 0.717) is 0 Å². The number of allylic oxidation sites excluding steroid dienone is 2. The van der Waals surface area contributed by atoms with E-state index in [0.717, 1.165) is 11.1 Å². The lowest BCUT2D eigenvalue weighted by Crippen LogP contribution is -2.39. The minimum Gasteiger partial charge on any atom is -0.299 e. The zero-order valence-electron chi connectivity index (χ0n) is 12.2. The van der Waals surface area contributed by atoms with Crippen molar-refractivity contribution in [2.75, 3.05) is 0 Å². The van der Waals surface area contributed by atoms with Crippen molar-refractivity contribution in [3.63, 3.8) is 0 Å². The molecule has 1 aromatic rings. The second-order valence-electron chi connectivity index (χ2n) is 5.81. The second-order valence-corrected chi connectivity index (χ2v) is 5.81. The summed E-state index contributed by atoms with van der Waals surface area (Å²) in [7, 11) is 0. The molecule has 0 bridgehead atoms. The van der Waals surface area contributed by atoms with Crippen LogP contribution in [-0.4, -0.2) is 23.7 Å². The van der Waals surface area contributed by atoms with Crippen LogP contribution < -0.4 is 5.32 Å². The van der Waals surface area contributed by atoms with Gasteiger partial charge in [0, 0.05) is 6.04 Å². The third kappa shape index (κ3) is 2.38. The molecular weight excluding hydrogens is 262 g/mol. The van der Waals surface area contributed by atoms with E-state index in [9.17, 15) is 9.59 Å². The molecule has 21 heavy (non-hydrogen) atoms. The van der Waals surface area contributed by atoms with Crippen LogP contribution in [0.1, 0.15) is 24.0 Å². The van der Waals surface area contributed by atoms with Gasteiger partial charge in [0.25, 0.3) is 0 Å². The first-order valence-electron chi connectivity index (χ1n) is 7.30. The minimum atomic E-state index is -0.439. The van der Waals surface area contributed by atoms with Crippen LogP contribution in [0.3, 0.4) is 0 Å². The Morgan fingerprint density at radius 2 is 1.90 bits per heavy atom. The number of rotatable bonds is 3. The van der Waals surface area contributed by atoms with Crippen molar-refractivity contribution in [3.05, 3.63) is 59.7 Å². The molecule has 108 valence electrons. The van der Waals surface area contributed by atoms with Gasteiger partial charge in [-0.15, -0.1) is 0 Å². The molecule has 1 N–H and O–H groups in total. The number of aryl methyl sites for hydroxylation is 1. The molecule has 3 heteroatoms. The highest BCUT2D eigenvalue weighted by atomic mass is 16.1. The predicted octanol–water partition coefficient (Wildman–Crippen LogP) is 2.32. The van der Waals surface area contributed by atoms with E-state index in [1.165, 1.54) is 0 Å². The molecular formula is C18H19NO2. The fraction of sp³-hybridized carbons (Fsp3) is 0.333. The quantitative estimate of drug-likeness (QED) is 0.925. The number of hydrogen-bond acceptors (Lipinski definition) is 3. The zero-order valence-corrected chi connectivity index (χ0v) is 12.2. The number of nitrogens with one attached hydrogen (secondary N) is 1. The molecule has 0 saturated carbocycles. The maximum absolute atomic E-state index is 12.7. The van der Waals surface area contributed by atoms with Crippen molar-refractivity contribution in [1.82, 2.24) is 5.32 Å². The van der Waals surface area contributed by atoms with Gasteiger partial charge in [-0.2, -0.15) is 0 Å². The van der Waals surface area contributed by atoms with Crippen LogP contribution in [0.25, 0.3) is 0 Å². The number of fused-ring (bicyclic) bond motifs is 1. The molecule has 1 aliphatic heterocycles. The first-order valence-corrected chi connectivity index (χ1v) is 7.30. The van der Waals surface area contributed by atoms with E-state index in [4.69, 9.17) is 0 Å². The molecule has 1 aromatic carbocycles. The number of carbonyl (C=O) groups is 2. The van der Waals surface area contributed by atoms with Crippen LogP contribution in [0.5, 0.6) is 0 Å². The molecule has 0 spiro atoms. The van der Waals surface area contributed by atoms with Crippen LogP contribution >= 0.6 is 0 Å². The van der Waals surface area contributed by atoms with Gasteiger partial charge in [-0.25, -0.2) is 0 Å². The molecule has 0 aromatic heterocycles. The third-order valence-corrected chi connectivity index (χ3v) is 4.44. The highest BCUT2D eigenvalue weighted by Crippen LogP contribution is 2.32. The van der Waals surface area contributed by atoms with Crippen molar-refractivity contribution < 1.29 is 9.59 Å². The Morgan fingerprint density at radius 1 is 1.19 bits per heavy atom. The van der Waals surface area contributed by atoms with Gasteiger partial charge in [0.05, 0.1) is 17.9 Å². The summed E-state index contributed by atoms with van der Waals surface area (Å²) < 4.78 is 0. The van der Waals surface area contributed by atoms with Gasteiger partial charge in [-0.05, 0) is 25.0 Å². The number of Topliss-reactive ketones (excluding diaryl/α,β-unsaturated/α-hetero) is 2. The summed E-state index contributed by atoms with van der Waals surface area (Å²) in [6.45, 7) is 3.55. The molecule has 3 rings (SSSR count). The maximum Gasteiger partial charge on any atom is 0.159 e. The average molecular weight is 281 g/mol. The molecule has 0 amide bonds. The fourth-order valence-electron chi connectivity index (χ4n) is 3.36. The van der Waals surface area contributed by atoms with Crippen molar-refractivity contribution in [1.29, 1.82) is 0 Å². The summed E-state index contributed by atoms with van der Waals surface area (Å²) in [5.74, 6) is -0.414. The van der Waals surface area contributed by atoms with Crippen molar-refractivity contribution >= 4 is 11.6 Å². The standard InChI is InChI=1S/C18H19NO2/c1-11-7-3-4-8-13(11)16(12(2)20)17-18(21)14-9-5-6-10-15(14)19-17/h3-10,14-17,19H,1-2H3. The maximum atomic E-state index is 12.7. The van der Waals surface area contributed by atoms with E-state index >= 15 is 0 Å². The van der Waals surface area contributed by atoms with Gasteiger partial charge in [0.2, 0.25) is 0 Å². The topological polar surface area (TPSA) is 46.2 Å². The Bertz CT molecular complexity index is 644. The molecule has 1 heterocycles. The number of carbonyl (C=O) groups excluding carboxylic acids is 2. The summed E-state index contributed by atoms with van der Waals surface area (Å²) in [5, 5.41) is 3.34. The Hall–Kier alpha value is -2.00. The van der Waals surface area contributed by atoms with E-state index in [2.05, 4.69) is 5.32 Å². The summed E-state index contributed by atoms with van der Waals surface area (Å²) in [6, 6.07) is 7.38. The highest BCUT2D eigenvalue weighted by Gasteiger charge is 2.45. The lowest BCUT2D eigenvalue weighted by Gasteiger charge is -2.22. The van der Waals surface area contributed by atoms with E-state index in [-0.39, 0.29) is 23.5 Å². The van der Waals surface area contributed by atoms with E-state index in [1.54, 1.807) is 6.92 Å². The van der Waals surface area contributed by atoms with Gasteiger partial charge in [-0.1, -0.05) is 48.6 Å². The Balaban J connectivity index is 1.98. The molecule has 4 unspecified atom stereocenters. The minimum absolute atomic E-state index is 0.0124. The van der Waals surface area contributed by atoms with Gasteiger partial charge in [0.15, 0.2) is 5.78 Å². The summed E-state index contributed by atoms with van der Waals surface area (Å²) in [6.07, 6.45) is 7.77. The molecule has 4 atom stereocenters. The average Bonchev–Trinajstić information content (AvgIpc) is 2.79. The molecule has 1 aliphatic carbocycles. The lowest BCUT2D eigenvalue weighted by molar-refractivity contribution is -0.126. The van der Waals surface area contributed by atoms with Gasteiger partial charge < -0.3 is 0 Å². The summed E-state index contributed by atoms with van der Waals surface area (Å²) in [5.41, 5.74) is 2.00. The molecule has 1 saturated heterocycles. The Labute approximate surface area is 124 Å². The highest BCUT2D eigenvalue weighted by molar-refractivity contribution is 5.98. The Morgan fingerprint density at radius 3 is 2.57 bits per heavy atom. The van der Waals surface area contributed by atoms with Crippen molar-refractivity contribution in [2.45, 2.75) is 31.8 Å². The van der Waals surface area contributed by atoms with Gasteiger partial charge in [-0.3, -0.25) is 14.9 Å². The smallest absolute Gasteiger partial charge is 0.159 e. The van der Waals surface area contributed by atoms with Crippen LogP contribution in [0, 0.1) is 12.8 Å². The number of hydrogen-bond donors (Lipinski definition) is 1. The molecule has 0 radical (unpaired) electrons. The number of benzene rings is 1.